The SMILES string of the molecule is COC[C@H]1[C@H]2CC[C@H](C[C@H]1c1ccc(Cl)c(Cl)c1)N2C. The number of rotatable bonds is 3. The summed E-state index contributed by atoms with van der Waals surface area (Å²) in [6, 6.07) is 7.43. The van der Waals surface area contributed by atoms with Crippen LogP contribution in [0.1, 0.15) is 30.7 Å². The van der Waals surface area contributed by atoms with E-state index in [0.717, 1.165) is 6.61 Å². The van der Waals surface area contributed by atoms with E-state index in [1.54, 1.807) is 7.11 Å². The molecule has 0 aromatic heterocycles. The number of hydrogen-bond acceptors (Lipinski definition) is 2. The van der Waals surface area contributed by atoms with Crippen LogP contribution in [0.2, 0.25) is 10.0 Å². The Bertz CT molecular complexity index is 493. The highest BCUT2D eigenvalue weighted by molar-refractivity contribution is 6.42. The molecule has 0 spiro atoms. The van der Waals surface area contributed by atoms with Gasteiger partial charge in [-0.05, 0) is 49.9 Å². The second kappa shape index (κ2) is 5.84. The molecular weight excluding hydrogens is 293 g/mol. The Morgan fingerprint density at radius 1 is 1.25 bits per heavy atom. The number of hydrogen-bond donors (Lipinski definition) is 0. The molecular formula is C16H21Cl2NO. The van der Waals surface area contributed by atoms with Crippen LogP contribution in [0, 0.1) is 5.92 Å². The predicted molar refractivity (Wildman–Crippen MR) is 83.8 cm³/mol. The van der Waals surface area contributed by atoms with E-state index in [1.807, 2.05) is 12.1 Å². The van der Waals surface area contributed by atoms with Gasteiger partial charge in [0.05, 0.1) is 16.7 Å². The maximum atomic E-state index is 6.20. The van der Waals surface area contributed by atoms with E-state index in [-0.39, 0.29) is 0 Å². The second-order valence-electron chi connectivity index (χ2n) is 6.10. The highest BCUT2D eigenvalue weighted by atomic mass is 35.5. The molecule has 110 valence electrons. The highest BCUT2D eigenvalue weighted by Crippen LogP contribution is 2.46. The van der Waals surface area contributed by atoms with Crippen molar-refractivity contribution in [2.75, 3.05) is 20.8 Å². The Morgan fingerprint density at radius 3 is 2.75 bits per heavy atom. The summed E-state index contributed by atoms with van der Waals surface area (Å²) < 4.78 is 5.50. The number of halogens is 2. The Hall–Kier alpha value is -0.280. The Balaban J connectivity index is 1.92. The van der Waals surface area contributed by atoms with Crippen LogP contribution in [0.25, 0.3) is 0 Å². The maximum absolute atomic E-state index is 6.20. The summed E-state index contributed by atoms with van der Waals surface area (Å²) in [5.41, 5.74) is 1.31. The molecule has 2 bridgehead atoms. The minimum absolute atomic E-state index is 0.526. The zero-order chi connectivity index (χ0) is 14.3. The van der Waals surface area contributed by atoms with Gasteiger partial charge in [0, 0.05) is 25.1 Å². The molecule has 0 amide bonds. The largest absolute Gasteiger partial charge is 0.384 e. The maximum Gasteiger partial charge on any atom is 0.0595 e. The van der Waals surface area contributed by atoms with E-state index in [4.69, 9.17) is 27.9 Å². The van der Waals surface area contributed by atoms with Gasteiger partial charge in [-0.25, -0.2) is 0 Å². The van der Waals surface area contributed by atoms with E-state index < -0.39 is 0 Å². The molecule has 2 fully saturated rings. The van der Waals surface area contributed by atoms with Crippen LogP contribution < -0.4 is 0 Å². The van der Waals surface area contributed by atoms with Gasteiger partial charge in [-0.15, -0.1) is 0 Å². The number of piperidine rings is 1. The summed E-state index contributed by atoms with van der Waals surface area (Å²) in [7, 11) is 4.06. The number of nitrogens with zero attached hydrogens (tertiary/aromatic N) is 1. The standard InChI is InChI=1S/C16H21Cl2NO/c1-19-11-4-6-16(19)13(9-20-2)12(8-11)10-3-5-14(17)15(18)7-10/h3,5,7,11-13,16H,4,6,8-9H2,1-2H3/t11-,12+,13-,16-/m1/s1. The lowest BCUT2D eigenvalue weighted by Gasteiger charge is -2.43. The topological polar surface area (TPSA) is 12.5 Å². The van der Waals surface area contributed by atoms with Crippen LogP contribution in [0.4, 0.5) is 0 Å². The van der Waals surface area contributed by atoms with Crippen LogP contribution in [0.5, 0.6) is 0 Å². The molecule has 2 heterocycles. The molecule has 4 heteroatoms. The van der Waals surface area contributed by atoms with Gasteiger partial charge in [0.1, 0.15) is 0 Å². The molecule has 2 nitrogen and oxygen atoms in total. The lowest BCUT2D eigenvalue weighted by atomic mass is 9.76. The first-order valence-corrected chi connectivity index (χ1v) is 8.03. The molecule has 0 aliphatic carbocycles. The van der Waals surface area contributed by atoms with E-state index >= 15 is 0 Å². The predicted octanol–water partition coefficient (Wildman–Crippen LogP) is 4.21. The normalized spacial score (nSPS) is 33.6. The summed E-state index contributed by atoms with van der Waals surface area (Å²) in [5.74, 6) is 1.07. The van der Waals surface area contributed by atoms with Gasteiger partial charge in [0.2, 0.25) is 0 Å². The van der Waals surface area contributed by atoms with Crippen molar-refractivity contribution in [3.63, 3.8) is 0 Å². The van der Waals surface area contributed by atoms with Crippen LogP contribution in [-0.4, -0.2) is 37.7 Å². The van der Waals surface area contributed by atoms with Crippen molar-refractivity contribution >= 4 is 23.2 Å². The average molecular weight is 314 g/mol. The van der Waals surface area contributed by atoms with E-state index in [1.165, 1.54) is 24.8 Å². The van der Waals surface area contributed by atoms with Gasteiger partial charge < -0.3 is 9.64 Å². The molecule has 4 atom stereocenters. The molecule has 1 aromatic carbocycles. The minimum Gasteiger partial charge on any atom is -0.384 e. The van der Waals surface area contributed by atoms with Crippen molar-refractivity contribution in [3.05, 3.63) is 33.8 Å². The molecule has 0 saturated carbocycles. The first kappa shape index (κ1) is 14.6. The monoisotopic (exact) mass is 313 g/mol. The quantitative estimate of drug-likeness (QED) is 0.829. The van der Waals surface area contributed by atoms with E-state index in [9.17, 15) is 0 Å². The number of ether oxygens (including phenoxy) is 1. The fraction of sp³-hybridized carbons (Fsp3) is 0.625. The van der Waals surface area contributed by atoms with E-state index in [2.05, 4.69) is 18.0 Å². The molecule has 20 heavy (non-hydrogen) atoms. The number of methoxy groups -OCH3 is 1. The van der Waals surface area contributed by atoms with Crippen LogP contribution in [0.15, 0.2) is 18.2 Å². The Labute approximate surface area is 131 Å². The van der Waals surface area contributed by atoms with E-state index in [0.29, 0.717) is 34.0 Å². The van der Waals surface area contributed by atoms with Crippen molar-refractivity contribution in [3.8, 4) is 0 Å². The molecule has 0 unspecified atom stereocenters. The molecule has 2 saturated heterocycles. The third-order valence-electron chi connectivity index (χ3n) is 5.16. The molecule has 3 rings (SSSR count). The van der Waals surface area contributed by atoms with Gasteiger partial charge in [-0.1, -0.05) is 29.3 Å². The van der Waals surface area contributed by atoms with Crippen molar-refractivity contribution in [1.29, 1.82) is 0 Å². The third-order valence-corrected chi connectivity index (χ3v) is 5.90. The fourth-order valence-corrected chi connectivity index (χ4v) is 4.43. The lowest BCUT2D eigenvalue weighted by Crippen LogP contribution is -2.47. The van der Waals surface area contributed by atoms with Crippen molar-refractivity contribution in [2.24, 2.45) is 5.92 Å². The molecule has 2 aliphatic heterocycles. The van der Waals surface area contributed by atoms with Crippen molar-refractivity contribution in [1.82, 2.24) is 4.90 Å². The minimum atomic E-state index is 0.526. The molecule has 0 radical (unpaired) electrons. The van der Waals surface area contributed by atoms with Crippen LogP contribution >= 0.6 is 23.2 Å². The first-order valence-electron chi connectivity index (χ1n) is 7.27. The zero-order valence-electron chi connectivity index (χ0n) is 12.0. The third kappa shape index (κ3) is 2.48. The first-order chi connectivity index (χ1) is 9.61. The summed E-state index contributed by atoms with van der Waals surface area (Å²) in [6.45, 7) is 0.812. The summed E-state index contributed by atoms with van der Waals surface area (Å²) in [5, 5.41) is 1.29. The van der Waals surface area contributed by atoms with Gasteiger partial charge in [0.15, 0.2) is 0 Å². The Kier molecular flexibility index (Phi) is 4.28. The second-order valence-corrected chi connectivity index (χ2v) is 6.91. The number of benzene rings is 1. The summed E-state index contributed by atoms with van der Waals surface area (Å²) in [4.78, 5) is 2.55. The summed E-state index contributed by atoms with van der Waals surface area (Å²) >= 11 is 12.2. The fourth-order valence-electron chi connectivity index (χ4n) is 4.12. The van der Waals surface area contributed by atoms with Crippen LogP contribution in [-0.2, 0) is 4.74 Å². The van der Waals surface area contributed by atoms with Crippen LogP contribution in [0.3, 0.4) is 0 Å². The summed E-state index contributed by atoms with van der Waals surface area (Å²) in [6.07, 6.45) is 3.78. The Morgan fingerprint density at radius 2 is 2.05 bits per heavy atom. The zero-order valence-corrected chi connectivity index (χ0v) is 13.5. The molecule has 2 aliphatic rings. The van der Waals surface area contributed by atoms with Gasteiger partial charge in [0.25, 0.3) is 0 Å². The highest BCUT2D eigenvalue weighted by Gasteiger charge is 2.45. The number of fused-ring (bicyclic) bond motifs is 2. The molecule has 0 N–H and O–H groups in total. The average Bonchev–Trinajstić information content (AvgIpc) is 2.67. The van der Waals surface area contributed by atoms with Crippen molar-refractivity contribution in [2.45, 2.75) is 37.3 Å². The van der Waals surface area contributed by atoms with Gasteiger partial charge in [-0.2, -0.15) is 0 Å². The molecule has 1 aromatic rings. The lowest BCUT2D eigenvalue weighted by molar-refractivity contribution is 0.0405. The van der Waals surface area contributed by atoms with Gasteiger partial charge in [-0.3, -0.25) is 0 Å². The van der Waals surface area contributed by atoms with Gasteiger partial charge >= 0.3 is 0 Å². The smallest absolute Gasteiger partial charge is 0.0595 e. The van der Waals surface area contributed by atoms with Crippen molar-refractivity contribution < 1.29 is 4.74 Å².